The molecule has 3 nitrogen and oxygen atoms in total. The van der Waals surface area contributed by atoms with Crippen LogP contribution in [0.2, 0.25) is 0 Å². The summed E-state index contributed by atoms with van der Waals surface area (Å²) in [6.45, 7) is 6.32. The average Bonchev–Trinajstić information content (AvgIpc) is 2.14. The van der Waals surface area contributed by atoms with Crippen molar-refractivity contribution in [2.24, 2.45) is 5.92 Å². The largest absolute Gasteiger partial charge is 0.396 e. The van der Waals surface area contributed by atoms with Crippen molar-refractivity contribution in [3.05, 3.63) is 0 Å². The minimum absolute atomic E-state index is 0.110. The summed E-state index contributed by atoms with van der Waals surface area (Å²) in [5.74, 6) is 0.492. The van der Waals surface area contributed by atoms with Crippen LogP contribution < -0.4 is 5.32 Å². The van der Waals surface area contributed by atoms with E-state index in [1.807, 2.05) is 0 Å². The SMILES string of the molecule is CCCCC(=O)NC(CCO)C(C)C. The van der Waals surface area contributed by atoms with Crippen LogP contribution in [0.15, 0.2) is 0 Å². The molecule has 1 atom stereocenters. The highest BCUT2D eigenvalue weighted by atomic mass is 16.3. The number of hydrogen-bond acceptors (Lipinski definition) is 2. The van der Waals surface area contributed by atoms with Gasteiger partial charge in [0.15, 0.2) is 0 Å². The predicted molar refractivity (Wildman–Crippen MR) is 58.0 cm³/mol. The van der Waals surface area contributed by atoms with Gasteiger partial charge in [0.05, 0.1) is 0 Å². The van der Waals surface area contributed by atoms with Crippen molar-refractivity contribution in [2.45, 2.75) is 52.5 Å². The van der Waals surface area contributed by atoms with Crippen molar-refractivity contribution in [1.29, 1.82) is 0 Å². The summed E-state index contributed by atoms with van der Waals surface area (Å²) in [6, 6.07) is 0.115. The van der Waals surface area contributed by atoms with Crippen molar-refractivity contribution in [3.63, 3.8) is 0 Å². The molecule has 2 N–H and O–H groups in total. The molecule has 0 aliphatic rings. The monoisotopic (exact) mass is 201 g/mol. The normalized spacial score (nSPS) is 12.9. The Labute approximate surface area is 86.9 Å². The summed E-state index contributed by atoms with van der Waals surface area (Å²) in [7, 11) is 0. The molecule has 0 rings (SSSR count). The molecule has 0 fully saturated rings. The van der Waals surface area contributed by atoms with Crippen LogP contribution in [-0.2, 0) is 4.79 Å². The first kappa shape index (κ1) is 13.4. The van der Waals surface area contributed by atoms with Gasteiger partial charge >= 0.3 is 0 Å². The van der Waals surface area contributed by atoms with Gasteiger partial charge in [-0.2, -0.15) is 0 Å². The van der Waals surface area contributed by atoms with Crippen molar-refractivity contribution in [3.8, 4) is 0 Å². The Morgan fingerprint density at radius 1 is 1.43 bits per heavy atom. The van der Waals surface area contributed by atoms with E-state index in [0.29, 0.717) is 18.8 Å². The van der Waals surface area contributed by atoms with Gasteiger partial charge in [-0.3, -0.25) is 4.79 Å². The fourth-order valence-electron chi connectivity index (χ4n) is 1.33. The van der Waals surface area contributed by atoms with Crippen molar-refractivity contribution in [2.75, 3.05) is 6.61 Å². The number of carbonyl (C=O) groups excluding carboxylic acids is 1. The Morgan fingerprint density at radius 3 is 2.50 bits per heavy atom. The van der Waals surface area contributed by atoms with E-state index in [4.69, 9.17) is 5.11 Å². The number of rotatable bonds is 7. The summed E-state index contributed by atoms with van der Waals surface area (Å²) >= 11 is 0. The molecule has 0 spiro atoms. The number of hydrogen-bond donors (Lipinski definition) is 2. The van der Waals surface area contributed by atoms with Crippen LogP contribution in [0, 0.1) is 5.92 Å². The Balaban J connectivity index is 3.83. The van der Waals surface area contributed by atoms with Crippen molar-refractivity contribution < 1.29 is 9.90 Å². The lowest BCUT2D eigenvalue weighted by Gasteiger charge is -2.21. The number of aliphatic hydroxyl groups is 1. The molecule has 3 heteroatoms. The Kier molecular flexibility index (Phi) is 7.48. The molecule has 1 amide bonds. The molecule has 0 aromatic rings. The van der Waals surface area contributed by atoms with Crippen LogP contribution in [0.1, 0.15) is 46.5 Å². The summed E-state index contributed by atoms with van der Waals surface area (Å²) in [4.78, 5) is 11.4. The maximum absolute atomic E-state index is 11.4. The second-order valence-corrected chi connectivity index (χ2v) is 4.03. The third kappa shape index (κ3) is 5.97. The zero-order valence-corrected chi connectivity index (χ0v) is 9.55. The third-order valence-electron chi connectivity index (χ3n) is 2.35. The number of amides is 1. The van der Waals surface area contributed by atoms with Crippen LogP contribution in [0.25, 0.3) is 0 Å². The highest BCUT2D eigenvalue weighted by Crippen LogP contribution is 2.06. The second-order valence-electron chi connectivity index (χ2n) is 4.03. The standard InChI is InChI=1S/C11H23NO2/c1-4-5-6-11(14)12-10(7-8-13)9(2)3/h9-10,13H,4-8H2,1-3H3,(H,12,14). The van der Waals surface area contributed by atoms with Gasteiger partial charge in [0, 0.05) is 19.1 Å². The van der Waals surface area contributed by atoms with E-state index in [1.165, 1.54) is 0 Å². The number of carbonyl (C=O) groups is 1. The lowest BCUT2D eigenvalue weighted by molar-refractivity contribution is -0.122. The lowest BCUT2D eigenvalue weighted by Crippen LogP contribution is -2.39. The first-order valence-corrected chi connectivity index (χ1v) is 5.52. The quantitative estimate of drug-likeness (QED) is 0.658. The van der Waals surface area contributed by atoms with E-state index in [0.717, 1.165) is 12.8 Å². The van der Waals surface area contributed by atoms with Crippen LogP contribution in [0.4, 0.5) is 0 Å². The maximum Gasteiger partial charge on any atom is 0.220 e. The van der Waals surface area contributed by atoms with Crippen LogP contribution in [0.5, 0.6) is 0 Å². The molecule has 0 heterocycles. The third-order valence-corrected chi connectivity index (χ3v) is 2.35. The van der Waals surface area contributed by atoms with Crippen LogP contribution in [-0.4, -0.2) is 23.7 Å². The lowest BCUT2D eigenvalue weighted by atomic mass is 10.0. The molecule has 0 saturated carbocycles. The van der Waals surface area contributed by atoms with Gasteiger partial charge in [-0.15, -0.1) is 0 Å². The van der Waals surface area contributed by atoms with Crippen LogP contribution in [0.3, 0.4) is 0 Å². The number of nitrogens with one attached hydrogen (secondary N) is 1. The van der Waals surface area contributed by atoms with E-state index in [1.54, 1.807) is 0 Å². The minimum atomic E-state index is 0.110. The summed E-state index contributed by atoms with van der Waals surface area (Å²) in [6.07, 6.45) is 3.23. The van der Waals surface area contributed by atoms with Gasteiger partial charge in [0.25, 0.3) is 0 Å². The minimum Gasteiger partial charge on any atom is -0.396 e. The van der Waals surface area contributed by atoms with E-state index >= 15 is 0 Å². The molecular weight excluding hydrogens is 178 g/mol. The first-order valence-electron chi connectivity index (χ1n) is 5.52. The molecule has 0 aromatic heterocycles. The summed E-state index contributed by atoms with van der Waals surface area (Å²) in [5.41, 5.74) is 0. The molecule has 0 radical (unpaired) electrons. The van der Waals surface area contributed by atoms with E-state index in [9.17, 15) is 4.79 Å². The van der Waals surface area contributed by atoms with Gasteiger partial charge in [0.2, 0.25) is 5.91 Å². The van der Waals surface area contributed by atoms with Crippen molar-refractivity contribution >= 4 is 5.91 Å². The molecular formula is C11H23NO2. The molecule has 1 unspecified atom stereocenters. The molecule has 84 valence electrons. The van der Waals surface area contributed by atoms with Gasteiger partial charge < -0.3 is 10.4 Å². The Morgan fingerprint density at radius 2 is 2.07 bits per heavy atom. The highest BCUT2D eigenvalue weighted by molar-refractivity contribution is 5.76. The van der Waals surface area contributed by atoms with E-state index in [2.05, 4.69) is 26.1 Å². The predicted octanol–water partition coefficient (Wildman–Crippen LogP) is 1.70. The topological polar surface area (TPSA) is 49.3 Å². The molecule has 0 saturated heterocycles. The second kappa shape index (κ2) is 7.80. The zero-order chi connectivity index (χ0) is 11.0. The molecule has 0 bridgehead atoms. The first-order chi connectivity index (χ1) is 6.61. The smallest absolute Gasteiger partial charge is 0.220 e. The molecule has 0 aliphatic carbocycles. The molecule has 0 aliphatic heterocycles. The van der Waals surface area contributed by atoms with Gasteiger partial charge in [-0.25, -0.2) is 0 Å². The van der Waals surface area contributed by atoms with Crippen molar-refractivity contribution in [1.82, 2.24) is 5.32 Å². The fraction of sp³-hybridized carbons (Fsp3) is 0.909. The molecule has 0 aromatic carbocycles. The number of aliphatic hydroxyl groups excluding tert-OH is 1. The zero-order valence-electron chi connectivity index (χ0n) is 9.55. The van der Waals surface area contributed by atoms with E-state index in [-0.39, 0.29) is 18.6 Å². The maximum atomic E-state index is 11.4. The number of unbranched alkanes of at least 4 members (excludes halogenated alkanes) is 1. The van der Waals surface area contributed by atoms with Gasteiger partial charge in [-0.1, -0.05) is 27.2 Å². The van der Waals surface area contributed by atoms with Gasteiger partial charge in [0.1, 0.15) is 0 Å². The Hall–Kier alpha value is -0.570. The highest BCUT2D eigenvalue weighted by Gasteiger charge is 2.14. The average molecular weight is 201 g/mol. The Bertz CT molecular complexity index is 157. The summed E-state index contributed by atoms with van der Waals surface area (Å²) < 4.78 is 0. The van der Waals surface area contributed by atoms with Gasteiger partial charge in [-0.05, 0) is 18.8 Å². The van der Waals surface area contributed by atoms with Crippen LogP contribution >= 0.6 is 0 Å². The summed E-state index contributed by atoms with van der Waals surface area (Å²) in [5, 5.41) is 11.8. The molecule has 14 heavy (non-hydrogen) atoms. The fourth-order valence-corrected chi connectivity index (χ4v) is 1.33. The van der Waals surface area contributed by atoms with E-state index < -0.39 is 0 Å².